The monoisotopic (exact) mass is 1200 g/mol. The second-order valence-corrected chi connectivity index (χ2v) is 34.4. The molecule has 6 N–H and O–H groups in total. The van der Waals surface area contributed by atoms with E-state index in [1.807, 2.05) is 4.90 Å². The number of ether oxygens (including phenoxy) is 6. The summed E-state index contributed by atoms with van der Waals surface area (Å²) in [7, 11) is -1.20. The van der Waals surface area contributed by atoms with Crippen molar-refractivity contribution in [2.75, 3.05) is 76.7 Å². The first-order valence-electron chi connectivity index (χ1n) is 28.9. The summed E-state index contributed by atoms with van der Waals surface area (Å²) < 4.78 is 47.6. The van der Waals surface area contributed by atoms with Gasteiger partial charge in [0.15, 0.2) is 39.6 Å². The summed E-state index contributed by atoms with van der Waals surface area (Å²) in [6.45, 7) is 32.4. The molecule has 6 amide bonds. The van der Waals surface area contributed by atoms with E-state index in [1.54, 1.807) is 61.2 Å². The number of amides is 6. The summed E-state index contributed by atoms with van der Waals surface area (Å²) >= 11 is 0. The van der Waals surface area contributed by atoms with E-state index >= 15 is 0 Å². The van der Waals surface area contributed by atoms with Crippen LogP contribution in [0.3, 0.4) is 0 Å². The Labute approximate surface area is 498 Å². The van der Waals surface area contributed by atoms with Crippen molar-refractivity contribution >= 4 is 69.5 Å². The molecule has 2 aliphatic rings. The Balaban J connectivity index is 1.26. The maximum absolute atomic E-state index is 14.7. The minimum Gasteiger partial charge on any atom is -0.493 e. The van der Waals surface area contributed by atoms with Gasteiger partial charge in [0.2, 0.25) is 11.8 Å². The zero-order chi connectivity index (χ0) is 62.3. The van der Waals surface area contributed by atoms with Crippen LogP contribution in [0.5, 0.6) is 23.0 Å². The van der Waals surface area contributed by atoms with Crippen LogP contribution in [-0.4, -0.2) is 147 Å². The van der Waals surface area contributed by atoms with E-state index in [-0.39, 0.29) is 94.8 Å². The van der Waals surface area contributed by atoms with Gasteiger partial charge in [0, 0.05) is 43.0 Å². The Morgan fingerprint density at radius 1 is 0.679 bits per heavy atom. The quantitative estimate of drug-likeness (QED) is 0.0206. The molecule has 0 spiro atoms. The van der Waals surface area contributed by atoms with Crippen LogP contribution in [0.15, 0.2) is 61.2 Å². The number of likely N-dealkylation sites (tertiary alicyclic amines) is 2. The summed E-state index contributed by atoms with van der Waals surface area (Å²) in [4.78, 5) is 84.3. The third kappa shape index (κ3) is 18.3. The van der Waals surface area contributed by atoms with Crippen molar-refractivity contribution in [3.05, 3.63) is 77.9 Å². The zero-order valence-corrected chi connectivity index (χ0v) is 54.2. The Bertz CT molecular complexity index is 2780. The number of benzene rings is 3. The standard InChI is InChI=1S/C61H93N7O14Si2/c1-17-29-79-59(74)66-53(39(2)3)55(70)63-40(4)54(69)64-42-25-23-41(24-26-42)36-80-58(73)65-48-35-52(50(76-12)33-46(48)57(72)68-28-19-22-44(68)38-82-84(15,16)61(8,9)10)78-31-20-30-77-51-34-47(62)45(32-49(51)75-11)56(71)67-27-18-21-43(67)37-81-83(13,14)60(5,6)7/h17,23-26,32-35,39-40,43-44,53H,1,18-22,27-31,36-38,62H2,2-16H3,(H,63,70)(H,64,69)(H,65,73)(H,66,74). The number of nitrogen functional groups attached to an aromatic ring is 1. The van der Waals surface area contributed by atoms with Gasteiger partial charge in [-0.15, -0.1) is 0 Å². The molecule has 0 saturated carbocycles. The summed E-state index contributed by atoms with van der Waals surface area (Å²) in [6, 6.07) is 10.7. The average Bonchev–Trinajstić information content (AvgIpc) is 3.99. The topological polar surface area (TPSA) is 257 Å². The lowest BCUT2D eigenvalue weighted by atomic mass is 10.0. The fraction of sp³-hybridized carbons (Fsp3) is 0.574. The van der Waals surface area contributed by atoms with Crippen molar-refractivity contribution in [2.45, 2.75) is 161 Å². The second kappa shape index (κ2) is 29.8. The molecule has 2 fully saturated rings. The number of anilines is 3. The van der Waals surface area contributed by atoms with Crippen LogP contribution in [0.2, 0.25) is 36.3 Å². The second-order valence-electron chi connectivity index (χ2n) is 24.8. The lowest BCUT2D eigenvalue weighted by molar-refractivity contribution is -0.128. The van der Waals surface area contributed by atoms with Crippen LogP contribution in [0.25, 0.3) is 0 Å². The summed E-state index contributed by atoms with van der Waals surface area (Å²) in [5.41, 5.74) is 8.43. The van der Waals surface area contributed by atoms with Gasteiger partial charge in [-0.2, -0.15) is 0 Å². The third-order valence-electron chi connectivity index (χ3n) is 16.2. The van der Waals surface area contributed by atoms with Gasteiger partial charge in [-0.3, -0.25) is 24.5 Å². The third-order valence-corrected chi connectivity index (χ3v) is 25.2. The first-order chi connectivity index (χ1) is 39.4. The van der Waals surface area contributed by atoms with Crippen molar-refractivity contribution in [1.29, 1.82) is 0 Å². The van der Waals surface area contributed by atoms with Crippen molar-refractivity contribution in [2.24, 2.45) is 5.92 Å². The Kier molecular flexibility index (Phi) is 24.1. The van der Waals surface area contributed by atoms with Crippen LogP contribution >= 0.6 is 0 Å². The molecule has 3 aromatic rings. The Hall–Kier alpha value is -6.83. The number of carbonyl (C=O) groups excluding carboxylic acids is 6. The number of rotatable bonds is 27. The van der Waals surface area contributed by atoms with Crippen LogP contribution in [0.1, 0.15) is 121 Å². The van der Waals surface area contributed by atoms with Crippen molar-refractivity contribution < 1.29 is 66.0 Å². The molecule has 4 atom stereocenters. The molecule has 0 bridgehead atoms. The summed E-state index contributed by atoms with van der Waals surface area (Å²) in [5.74, 6) is -0.665. The highest BCUT2D eigenvalue weighted by atomic mass is 28.4. The Morgan fingerprint density at radius 2 is 1.19 bits per heavy atom. The van der Waals surface area contributed by atoms with Crippen LogP contribution in [0, 0.1) is 5.92 Å². The minimum atomic E-state index is -2.15. The molecule has 2 heterocycles. The Morgan fingerprint density at radius 3 is 1.69 bits per heavy atom. The zero-order valence-electron chi connectivity index (χ0n) is 52.2. The van der Waals surface area contributed by atoms with Gasteiger partial charge >= 0.3 is 12.2 Å². The minimum absolute atomic E-state index is 0.0264. The van der Waals surface area contributed by atoms with E-state index in [1.165, 1.54) is 33.3 Å². The average molecular weight is 1200 g/mol. The van der Waals surface area contributed by atoms with Gasteiger partial charge in [-0.25, -0.2) is 9.59 Å². The maximum atomic E-state index is 14.7. The smallest absolute Gasteiger partial charge is 0.411 e. The number of carbonyl (C=O) groups is 6. The van der Waals surface area contributed by atoms with Gasteiger partial charge in [0.05, 0.1) is 69.5 Å². The normalized spacial score (nSPS) is 16.3. The molecular weight excluding hydrogens is 1110 g/mol. The van der Waals surface area contributed by atoms with Crippen molar-refractivity contribution in [1.82, 2.24) is 20.4 Å². The lowest BCUT2D eigenvalue weighted by Gasteiger charge is -2.38. The van der Waals surface area contributed by atoms with Crippen molar-refractivity contribution in [3.8, 4) is 23.0 Å². The maximum Gasteiger partial charge on any atom is 0.411 e. The summed E-state index contributed by atoms with van der Waals surface area (Å²) in [5, 5.41) is 10.7. The molecular formula is C61H93N7O14Si2. The first-order valence-corrected chi connectivity index (χ1v) is 34.8. The molecule has 2 aliphatic heterocycles. The SMILES string of the molecule is C=CCOC(=O)NC(C(=O)NC(C)C(=O)Nc1ccc(COC(=O)Nc2cc(OCCCOc3cc(N)c(C(=O)N4CCCC4CO[Si](C)(C)C(C)(C)C)cc3OC)c(OC)cc2C(=O)N2CCCC2CO[Si](C)(C)C(C)(C)C)cc1)C(C)C. The van der Waals surface area contributed by atoms with Gasteiger partial charge in [-0.1, -0.05) is 80.2 Å². The molecule has 5 rings (SSSR count). The highest BCUT2D eigenvalue weighted by molar-refractivity contribution is 6.74. The predicted molar refractivity (Wildman–Crippen MR) is 330 cm³/mol. The van der Waals surface area contributed by atoms with E-state index in [2.05, 4.69) is 95.6 Å². The van der Waals surface area contributed by atoms with Crippen molar-refractivity contribution in [3.63, 3.8) is 0 Å². The number of methoxy groups -OCH3 is 2. The highest BCUT2D eigenvalue weighted by Crippen LogP contribution is 2.41. The highest BCUT2D eigenvalue weighted by Gasteiger charge is 2.41. The van der Waals surface area contributed by atoms with Gasteiger partial charge in [-0.05, 0) is 105 Å². The van der Waals surface area contributed by atoms with Gasteiger partial charge < -0.3 is 68.8 Å². The number of hydrogen-bond acceptors (Lipinski definition) is 15. The van der Waals surface area contributed by atoms with Gasteiger partial charge in [0.1, 0.15) is 25.3 Å². The number of hydrogen-bond donors (Lipinski definition) is 5. The molecule has 0 aliphatic carbocycles. The van der Waals surface area contributed by atoms with E-state index < -0.39 is 52.7 Å². The van der Waals surface area contributed by atoms with Crippen LogP contribution < -0.4 is 45.9 Å². The predicted octanol–water partition coefficient (Wildman–Crippen LogP) is 10.5. The fourth-order valence-electron chi connectivity index (χ4n) is 8.91. The van der Waals surface area contributed by atoms with Crippen LogP contribution in [0.4, 0.5) is 26.7 Å². The molecule has 0 aromatic heterocycles. The molecule has 84 heavy (non-hydrogen) atoms. The molecule has 2 saturated heterocycles. The first kappa shape index (κ1) is 68.0. The number of alkyl carbamates (subject to hydrolysis) is 1. The lowest BCUT2D eigenvalue weighted by Crippen LogP contribution is -2.53. The van der Waals surface area contributed by atoms with E-state index in [0.717, 1.165) is 25.7 Å². The van der Waals surface area contributed by atoms with Gasteiger partial charge in [0.25, 0.3) is 11.8 Å². The number of nitrogens with one attached hydrogen (secondary N) is 4. The molecule has 23 heteroatoms. The molecule has 464 valence electrons. The van der Waals surface area contributed by atoms with Crippen LogP contribution in [-0.2, 0) is 34.5 Å². The fourth-order valence-corrected chi connectivity index (χ4v) is 11.0. The molecule has 0 radical (unpaired) electrons. The molecule has 4 unspecified atom stereocenters. The van der Waals surface area contributed by atoms with E-state index in [9.17, 15) is 28.8 Å². The largest absolute Gasteiger partial charge is 0.493 e. The number of nitrogens with zero attached hydrogens (tertiary/aromatic N) is 2. The molecule has 21 nitrogen and oxygen atoms in total. The van der Waals surface area contributed by atoms with E-state index in [4.69, 9.17) is 43.0 Å². The van der Waals surface area contributed by atoms with E-state index in [0.29, 0.717) is 61.0 Å². The summed E-state index contributed by atoms with van der Waals surface area (Å²) in [6.07, 6.45) is 3.39. The molecule has 3 aromatic carbocycles. The number of nitrogens with two attached hydrogens (primary N) is 1.